The van der Waals surface area contributed by atoms with Crippen molar-refractivity contribution >= 4 is 5.91 Å². The highest BCUT2D eigenvalue weighted by atomic mass is 16.5. The number of nitrogens with zero attached hydrogens (tertiary/aromatic N) is 1. The summed E-state index contributed by atoms with van der Waals surface area (Å²) in [7, 11) is 1.83. The molecule has 2 rings (SSSR count). The molecule has 0 N–H and O–H groups in total. The number of hydrogen-bond acceptors (Lipinski definition) is 2. The van der Waals surface area contributed by atoms with Gasteiger partial charge in [-0.25, -0.2) is 0 Å². The predicted molar refractivity (Wildman–Crippen MR) is 76.5 cm³/mol. The second kappa shape index (κ2) is 6.09. The fraction of sp³-hybridized carbons (Fsp3) is 0.562. The van der Waals surface area contributed by atoms with Crippen molar-refractivity contribution in [1.29, 1.82) is 0 Å². The van der Waals surface area contributed by atoms with Crippen molar-refractivity contribution in [3.05, 3.63) is 29.3 Å². The van der Waals surface area contributed by atoms with Gasteiger partial charge in [-0.15, -0.1) is 0 Å². The first-order valence-electron chi connectivity index (χ1n) is 7.20. The standard InChI is InChI=1S/C16H23NO2/c1-4-6-13(7-5-2)19-14-9-8-12-11-17(3)16(18)15(12)10-14/h8-10,13H,4-7,11H2,1-3H3. The van der Waals surface area contributed by atoms with Gasteiger partial charge in [0, 0.05) is 19.2 Å². The van der Waals surface area contributed by atoms with Crippen molar-refractivity contribution in [3.8, 4) is 5.75 Å². The highest BCUT2D eigenvalue weighted by Gasteiger charge is 2.24. The molecule has 1 aromatic rings. The molecule has 3 heteroatoms. The van der Waals surface area contributed by atoms with Crippen LogP contribution in [-0.4, -0.2) is 24.0 Å². The number of carbonyl (C=O) groups is 1. The Hall–Kier alpha value is -1.51. The lowest BCUT2D eigenvalue weighted by atomic mass is 10.1. The van der Waals surface area contributed by atoms with Crippen LogP contribution in [0.2, 0.25) is 0 Å². The van der Waals surface area contributed by atoms with E-state index in [0.717, 1.165) is 42.6 Å². The molecule has 0 saturated carbocycles. The summed E-state index contributed by atoms with van der Waals surface area (Å²) in [5.74, 6) is 0.928. The molecule has 1 aliphatic rings. The smallest absolute Gasteiger partial charge is 0.254 e. The Morgan fingerprint density at radius 2 is 1.95 bits per heavy atom. The minimum absolute atomic E-state index is 0.1000. The van der Waals surface area contributed by atoms with Crippen LogP contribution in [-0.2, 0) is 6.54 Å². The monoisotopic (exact) mass is 261 g/mol. The largest absolute Gasteiger partial charge is 0.490 e. The molecule has 1 aliphatic heterocycles. The Morgan fingerprint density at radius 1 is 1.26 bits per heavy atom. The zero-order chi connectivity index (χ0) is 13.8. The van der Waals surface area contributed by atoms with Crippen LogP contribution in [0.25, 0.3) is 0 Å². The van der Waals surface area contributed by atoms with Crippen LogP contribution in [0.15, 0.2) is 18.2 Å². The summed E-state index contributed by atoms with van der Waals surface area (Å²) < 4.78 is 6.03. The molecule has 1 aromatic carbocycles. The molecule has 1 amide bonds. The van der Waals surface area contributed by atoms with E-state index >= 15 is 0 Å². The quantitative estimate of drug-likeness (QED) is 0.782. The molecule has 0 aromatic heterocycles. The molecule has 0 radical (unpaired) electrons. The van der Waals surface area contributed by atoms with E-state index in [9.17, 15) is 4.79 Å². The number of ether oxygens (including phenoxy) is 1. The molecule has 0 aliphatic carbocycles. The van der Waals surface area contributed by atoms with Gasteiger partial charge in [0.15, 0.2) is 0 Å². The molecular formula is C16H23NO2. The van der Waals surface area contributed by atoms with E-state index in [2.05, 4.69) is 13.8 Å². The van der Waals surface area contributed by atoms with Crippen molar-refractivity contribution < 1.29 is 9.53 Å². The molecule has 104 valence electrons. The lowest BCUT2D eigenvalue weighted by Crippen LogP contribution is -2.18. The average molecular weight is 261 g/mol. The first-order valence-corrected chi connectivity index (χ1v) is 7.20. The van der Waals surface area contributed by atoms with Gasteiger partial charge in [-0.05, 0) is 30.5 Å². The summed E-state index contributed by atoms with van der Waals surface area (Å²) in [4.78, 5) is 13.7. The van der Waals surface area contributed by atoms with E-state index < -0.39 is 0 Å². The number of benzene rings is 1. The SMILES string of the molecule is CCCC(CCC)Oc1ccc2c(c1)C(=O)N(C)C2. The number of rotatable bonds is 6. The van der Waals surface area contributed by atoms with Gasteiger partial charge in [0.1, 0.15) is 5.75 Å². The van der Waals surface area contributed by atoms with Gasteiger partial charge in [0.2, 0.25) is 0 Å². The van der Waals surface area contributed by atoms with Gasteiger partial charge in [-0.2, -0.15) is 0 Å². The van der Waals surface area contributed by atoms with Gasteiger partial charge >= 0.3 is 0 Å². The average Bonchev–Trinajstić information content (AvgIpc) is 2.66. The summed E-state index contributed by atoms with van der Waals surface area (Å²) in [5.41, 5.74) is 1.90. The number of amides is 1. The molecule has 1 heterocycles. The first kappa shape index (κ1) is 13.9. The third-order valence-electron chi connectivity index (χ3n) is 3.59. The van der Waals surface area contributed by atoms with Crippen molar-refractivity contribution in [1.82, 2.24) is 4.90 Å². The maximum atomic E-state index is 12.0. The van der Waals surface area contributed by atoms with E-state index in [1.54, 1.807) is 4.90 Å². The molecule has 0 bridgehead atoms. The van der Waals surface area contributed by atoms with E-state index in [1.807, 2.05) is 25.2 Å². The van der Waals surface area contributed by atoms with Gasteiger partial charge < -0.3 is 9.64 Å². The highest BCUT2D eigenvalue weighted by Crippen LogP contribution is 2.27. The van der Waals surface area contributed by atoms with Gasteiger partial charge in [0.25, 0.3) is 5.91 Å². The second-order valence-electron chi connectivity index (χ2n) is 5.30. The van der Waals surface area contributed by atoms with Crippen molar-refractivity contribution in [3.63, 3.8) is 0 Å². The predicted octanol–water partition coefficient (Wildman–Crippen LogP) is 3.62. The van der Waals surface area contributed by atoms with E-state index in [-0.39, 0.29) is 12.0 Å². The van der Waals surface area contributed by atoms with Crippen LogP contribution in [0.4, 0.5) is 0 Å². The lowest BCUT2D eigenvalue weighted by molar-refractivity contribution is 0.0816. The Balaban J connectivity index is 2.12. The Labute approximate surface area is 115 Å². The normalized spacial score (nSPS) is 14.1. The highest BCUT2D eigenvalue weighted by molar-refractivity contribution is 5.98. The van der Waals surface area contributed by atoms with Crippen molar-refractivity contribution in [2.45, 2.75) is 52.2 Å². The van der Waals surface area contributed by atoms with Crippen LogP contribution in [0, 0.1) is 0 Å². The topological polar surface area (TPSA) is 29.5 Å². The maximum absolute atomic E-state index is 12.0. The number of carbonyl (C=O) groups excluding carboxylic acids is 1. The molecule has 19 heavy (non-hydrogen) atoms. The summed E-state index contributed by atoms with van der Waals surface area (Å²) in [6.07, 6.45) is 4.65. The molecule has 3 nitrogen and oxygen atoms in total. The van der Waals surface area contributed by atoms with E-state index in [0.29, 0.717) is 6.54 Å². The third-order valence-corrected chi connectivity index (χ3v) is 3.59. The van der Waals surface area contributed by atoms with Crippen LogP contribution < -0.4 is 4.74 Å². The number of fused-ring (bicyclic) bond motifs is 1. The molecule has 0 spiro atoms. The Kier molecular flexibility index (Phi) is 4.46. The minimum Gasteiger partial charge on any atom is -0.490 e. The fourth-order valence-corrected chi connectivity index (χ4v) is 2.60. The summed E-state index contributed by atoms with van der Waals surface area (Å²) in [6, 6.07) is 5.91. The van der Waals surface area contributed by atoms with Crippen molar-refractivity contribution in [2.24, 2.45) is 0 Å². The zero-order valence-corrected chi connectivity index (χ0v) is 12.1. The summed E-state index contributed by atoms with van der Waals surface area (Å²) >= 11 is 0. The third kappa shape index (κ3) is 3.09. The molecule has 0 fully saturated rings. The van der Waals surface area contributed by atoms with Gasteiger partial charge in [0.05, 0.1) is 6.10 Å². The van der Waals surface area contributed by atoms with Crippen LogP contribution >= 0.6 is 0 Å². The van der Waals surface area contributed by atoms with Crippen molar-refractivity contribution in [2.75, 3.05) is 7.05 Å². The fourth-order valence-electron chi connectivity index (χ4n) is 2.60. The maximum Gasteiger partial charge on any atom is 0.254 e. The molecule has 0 atom stereocenters. The minimum atomic E-state index is 0.1000. The number of hydrogen-bond donors (Lipinski definition) is 0. The summed E-state index contributed by atoms with van der Waals surface area (Å²) in [5, 5.41) is 0. The molecular weight excluding hydrogens is 238 g/mol. The molecule has 0 unspecified atom stereocenters. The second-order valence-corrected chi connectivity index (χ2v) is 5.30. The lowest BCUT2D eigenvalue weighted by Gasteiger charge is -2.18. The van der Waals surface area contributed by atoms with Crippen LogP contribution in [0.1, 0.15) is 55.5 Å². The van der Waals surface area contributed by atoms with Crippen LogP contribution in [0.5, 0.6) is 5.75 Å². The van der Waals surface area contributed by atoms with Gasteiger partial charge in [-0.1, -0.05) is 32.8 Å². The van der Waals surface area contributed by atoms with Crippen LogP contribution in [0.3, 0.4) is 0 Å². The zero-order valence-electron chi connectivity index (χ0n) is 12.1. The molecule has 0 saturated heterocycles. The first-order chi connectivity index (χ1) is 9.15. The van der Waals surface area contributed by atoms with E-state index in [1.165, 1.54) is 0 Å². The van der Waals surface area contributed by atoms with E-state index in [4.69, 9.17) is 4.74 Å². The Bertz CT molecular complexity index is 450. The summed E-state index contributed by atoms with van der Waals surface area (Å²) in [6.45, 7) is 5.06. The Morgan fingerprint density at radius 3 is 2.58 bits per heavy atom. The van der Waals surface area contributed by atoms with Gasteiger partial charge in [-0.3, -0.25) is 4.79 Å².